The van der Waals surface area contributed by atoms with E-state index in [1.54, 1.807) is 12.1 Å². The molecule has 0 bridgehead atoms. The van der Waals surface area contributed by atoms with Crippen molar-refractivity contribution in [3.8, 4) is 0 Å². The first kappa shape index (κ1) is 12.6. The van der Waals surface area contributed by atoms with E-state index < -0.39 is 0 Å². The fourth-order valence-electron chi connectivity index (χ4n) is 1.27. The zero-order valence-corrected chi connectivity index (χ0v) is 10.2. The Morgan fingerprint density at radius 3 is 2.87 bits per heavy atom. The number of aliphatic hydroxyl groups excluding tert-OH is 1. The summed E-state index contributed by atoms with van der Waals surface area (Å²) in [6, 6.07) is 4.87. The number of benzene rings is 1. The Morgan fingerprint density at radius 2 is 2.27 bits per heavy atom. The van der Waals surface area contributed by atoms with Crippen molar-refractivity contribution in [2.24, 2.45) is 0 Å². The van der Waals surface area contributed by atoms with Crippen molar-refractivity contribution < 1.29 is 9.50 Å². The van der Waals surface area contributed by atoms with Gasteiger partial charge in [-0.05, 0) is 24.6 Å². The predicted molar refractivity (Wildman–Crippen MR) is 62.1 cm³/mol. The lowest BCUT2D eigenvalue weighted by Crippen LogP contribution is -2.31. The number of nitrogens with one attached hydrogen (secondary N) is 1. The van der Waals surface area contributed by atoms with Crippen LogP contribution in [0.3, 0.4) is 0 Å². The lowest BCUT2D eigenvalue weighted by atomic mass is 10.2. The highest BCUT2D eigenvalue weighted by molar-refractivity contribution is 9.10. The largest absolute Gasteiger partial charge is 0.395 e. The van der Waals surface area contributed by atoms with E-state index in [1.807, 2.05) is 6.92 Å². The van der Waals surface area contributed by atoms with Gasteiger partial charge in [-0.2, -0.15) is 0 Å². The monoisotopic (exact) mass is 275 g/mol. The van der Waals surface area contributed by atoms with Crippen molar-refractivity contribution in [2.75, 3.05) is 6.61 Å². The molecule has 1 aromatic rings. The van der Waals surface area contributed by atoms with E-state index in [9.17, 15) is 4.39 Å². The van der Waals surface area contributed by atoms with E-state index in [0.29, 0.717) is 12.1 Å². The second kappa shape index (κ2) is 6.20. The van der Waals surface area contributed by atoms with Crippen molar-refractivity contribution >= 4 is 15.9 Å². The minimum Gasteiger partial charge on any atom is -0.395 e. The molecule has 1 unspecified atom stereocenters. The van der Waals surface area contributed by atoms with E-state index >= 15 is 0 Å². The van der Waals surface area contributed by atoms with Gasteiger partial charge in [0.1, 0.15) is 5.82 Å². The quantitative estimate of drug-likeness (QED) is 0.865. The molecule has 1 atom stereocenters. The molecule has 4 heteroatoms. The first-order valence-electron chi connectivity index (χ1n) is 4.95. The molecule has 0 radical (unpaired) electrons. The van der Waals surface area contributed by atoms with Crippen LogP contribution < -0.4 is 5.32 Å². The number of rotatable bonds is 5. The van der Waals surface area contributed by atoms with Gasteiger partial charge in [0.25, 0.3) is 0 Å². The van der Waals surface area contributed by atoms with Crippen LogP contribution in [-0.4, -0.2) is 17.8 Å². The fraction of sp³-hybridized carbons (Fsp3) is 0.455. The summed E-state index contributed by atoms with van der Waals surface area (Å²) in [4.78, 5) is 0. The Labute approximate surface area is 97.6 Å². The van der Waals surface area contributed by atoms with Gasteiger partial charge in [0, 0.05) is 22.6 Å². The molecule has 0 saturated carbocycles. The summed E-state index contributed by atoms with van der Waals surface area (Å²) in [7, 11) is 0. The summed E-state index contributed by atoms with van der Waals surface area (Å²) in [5.41, 5.74) is 0.608. The minimum absolute atomic E-state index is 0.0309. The van der Waals surface area contributed by atoms with E-state index in [1.165, 1.54) is 6.07 Å². The van der Waals surface area contributed by atoms with Crippen LogP contribution in [0.1, 0.15) is 18.9 Å². The second-order valence-electron chi connectivity index (χ2n) is 3.40. The third-order valence-corrected chi connectivity index (χ3v) is 2.80. The van der Waals surface area contributed by atoms with Crippen molar-refractivity contribution in [2.45, 2.75) is 25.9 Å². The van der Waals surface area contributed by atoms with Crippen molar-refractivity contribution in [3.63, 3.8) is 0 Å². The average molecular weight is 276 g/mol. The average Bonchev–Trinajstić information content (AvgIpc) is 2.24. The molecular weight excluding hydrogens is 261 g/mol. The molecule has 15 heavy (non-hydrogen) atoms. The van der Waals surface area contributed by atoms with Gasteiger partial charge < -0.3 is 10.4 Å². The van der Waals surface area contributed by atoms with Gasteiger partial charge in [0.05, 0.1) is 6.61 Å². The molecular formula is C11H15BrFNO. The Morgan fingerprint density at radius 1 is 1.53 bits per heavy atom. The van der Waals surface area contributed by atoms with Gasteiger partial charge >= 0.3 is 0 Å². The summed E-state index contributed by atoms with van der Waals surface area (Å²) in [6.45, 7) is 2.49. The van der Waals surface area contributed by atoms with Gasteiger partial charge in [-0.1, -0.05) is 22.9 Å². The van der Waals surface area contributed by atoms with Crippen LogP contribution >= 0.6 is 15.9 Å². The summed E-state index contributed by atoms with van der Waals surface area (Å²) in [6.07, 6.45) is 0.826. The summed E-state index contributed by atoms with van der Waals surface area (Å²) >= 11 is 3.29. The number of aliphatic hydroxyl groups is 1. The normalized spacial score (nSPS) is 12.8. The number of hydrogen-bond acceptors (Lipinski definition) is 2. The van der Waals surface area contributed by atoms with E-state index in [0.717, 1.165) is 10.9 Å². The number of halogens is 2. The standard InChI is InChI=1S/C11H15BrFNO/c1-2-10(7-15)14-6-8-5-9(12)3-4-11(8)13/h3-5,10,14-15H,2,6-7H2,1H3. The smallest absolute Gasteiger partial charge is 0.127 e. The van der Waals surface area contributed by atoms with Gasteiger partial charge in [-0.15, -0.1) is 0 Å². The summed E-state index contributed by atoms with van der Waals surface area (Å²) in [5, 5.41) is 12.1. The third kappa shape index (κ3) is 3.89. The Bertz CT molecular complexity index is 315. The van der Waals surface area contributed by atoms with E-state index in [2.05, 4.69) is 21.2 Å². The second-order valence-corrected chi connectivity index (χ2v) is 4.32. The zero-order chi connectivity index (χ0) is 11.3. The molecule has 1 aromatic carbocycles. The third-order valence-electron chi connectivity index (χ3n) is 2.30. The van der Waals surface area contributed by atoms with Crippen LogP contribution in [0.25, 0.3) is 0 Å². The van der Waals surface area contributed by atoms with Crippen LogP contribution in [0, 0.1) is 5.82 Å². The lowest BCUT2D eigenvalue weighted by Gasteiger charge is -2.14. The van der Waals surface area contributed by atoms with Crippen LogP contribution in [0.2, 0.25) is 0 Å². The van der Waals surface area contributed by atoms with Gasteiger partial charge in [-0.3, -0.25) is 0 Å². The molecule has 0 amide bonds. The lowest BCUT2D eigenvalue weighted by molar-refractivity contribution is 0.238. The molecule has 0 aliphatic heterocycles. The van der Waals surface area contributed by atoms with Crippen LogP contribution in [0.15, 0.2) is 22.7 Å². The minimum atomic E-state index is -0.224. The molecule has 2 N–H and O–H groups in total. The highest BCUT2D eigenvalue weighted by Gasteiger charge is 2.06. The van der Waals surface area contributed by atoms with E-state index in [-0.39, 0.29) is 18.5 Å². The predicted octanol–water partition coefficient (Wildman–Crippen LogP) is 2.45. The maximum absolute atomic E-state index is 13.3. The molecule has 0 aromatic heterocycles. The topological polar surface area (TPSA) is 32.3 Å². The van der Waals surface area contributed by atoms with Crippen molar-refractivity contribution in [1.82, 2.24) is 5.32 Å². The Hall–Kier alpha value is -0.450. The first-order chi connectivity index (χ1) is 7.17. The first-order valence-corrected chi connectivity index (χ1v) is 5.74. The number of hydrogen-bond donors (Lipinski definition) is 2. The molecule has 0 heterocycles. The Kier molecular flexibility index (Phi) is 5.22. The van der Waals surface area contributed by atoms with Gasteiger partial charge in [-0.25, -0.2) is 4.39 Å². The van der Waals surface area contributed by atoms with Crippen molar-refractivity contribution in [3.05, 3.63) is 34.1 Å². The zero-order valence-electron chi connectivity index (χ0n) is 8.63. The molecule has 2 nitrogen and oxygen atoms in total. The highest BCUT2D eigenvalue weighted by Crippen LogP contribution is 2.15. The summed E-state index contributed by atoms with van der Waals surface area (Å²) in [5.74, 6) is -0.224. The summed E-state index contributed by atoms with van der Waals surface area (Å²) < 4.78 is 14.2. The maximum Gasteiger partial charge on any atom is 0.127 e. The molecule has 0 spiro atoms. The molecule has 0 aliphatic carbocycles. The molecule has 1 rings (SSSR count). The van der Waals surface area contributed by atoms with Crippen molar-refractivity contribution in [1.29, 1.82) is 0 Å². The molecule has 0 fully saturated rings. The maximum atomic E-state index is 13.3. The SMILES string of the molecule is CCC(CO)NCc1cc(Br)ccc1F. The van der Waals surface area contributed by atoms with E-state index in [4.69, 9.17) is 5.11 Å². The van der Waals surface area contributed by atoms with Crippen LogP contribution in [-0.2, 0) is 6.54 Å². The van der Waals surface area contributed by atoms with Crippen LogP contribution in [0.4, 0.5) is 4.39 Å². The Balaban J connectivity index is 2.60. The molecule has 0 aliphatic rings. The van der Waals surface area contributed by atoms with Gasteiger partial charge in [0.15, 0.2) is 0 Å². The molecule has 0 saturated heterocycles. The fourth-order valence-corrected chi connectivity index (χ4v) is 1.68. The molecule has 84 valence electrons. The van der Waals surface area contributed by atoms with Gasteiger partial charge in [0.2, 0.25) is 0 Å². The highest BCUT2D eigenvalue weighted by atomic mass is 79.9. The van der Waals surface area contributed by atoms with Crippen LogP contribution in [0.5, 0.6) is 0 Å².